The Balaban J connectivity index is 2.10. The average Bonchev–Trinajstić information content (AvgIpc) is 2.37. The highest BCUT2D eigenvalue weighted by molar-refractivity contribution is 9.10. The smallest absolute Gasteiger partial charge is 0.228 e. The number of carbonyl (C=O) groups is 1. The van der Waals surface area contributed by atoms with Crippen molar-refractivity contribution in [3.8, 4) is 0 Å². The van der Waals surface area contributed by atoms with E-state index < -0.39 is 0 Å². The number of hydrogen-bond acceptors (Lipinski definition) is 1. The van der Waals surface area contributed by atoms with E-state index in [-0.39, 0.29) is 5.91 Å². The molecule has 0 aliphatic carbocycles. The van der Waals surface area contributed by atoms with E-state index in [0.717, 1.165) is 15.6 Å². The number of carbonyl (C=O) groups excluding carboxylic acids is 1. The van der Waals surface area contributed by atoms with Crippen molar-refractivity contribution < 1.29 is 4.79 Å². The molecule has 0 radical (unpaired) electrons. The van der Waals surface area contributed by atoms with Gasteiger partial charge in [-0.1, -0.05) is 51.8 Å². The SMILES string of the molecule is Cc1ccccc1CC(=O)Nc1cc(Br)ccc1Cl. The normalized spacial score (nSPS) is 10.3. The van der Waals surface area contributed by atoms with Gasteiger partial charge in [0.25, 0.3) is 0 Å². The quantitative estimate of drug-likeness (QED) is 0.871. The molecule has 0 aliphatic rings. The van der Waals surface area contributed by atoms with Crippen LogP contribution in [0.25, 0.3) is 0 Å². The molecule has 0 heterocycles. The Morgan fingerprint density at radius 1 is 1.26 bits per heavy atom. The average molecular weight is 339 g/mol. The zero-order valence-corrected chi connectivity index (χ0v) is 12.8. The van der Waals surface area contributed by atoms with E-state index in [4.69, 9.17) is 11.6 Å². The highest BCUT2D eigenvalue weighted by atomic mass is 79.9. The predicted octanol–water partition coefficient (Wildman–Crippen LogP) is 4.59. The summed E-state index contributed by atoms with van der Waals surface area (Å²) in [6.45, 7) is 1.99. The van der Waals surface area contributed by atoms with Gasteiger partial charge in [0, 0.05) is 4.47 Å². The van der Waals surface area contributed by atoms with Gasteiger partial charge >= 0.3 is 0 Å². The molecule has 0 spiro atoms. The summed E-state index contributed by atoms with van der Waals surface area (Å²) in [5.74, 6) is -0.0747. The summed E-state index contributed by atoms with van der Waals surface area (Å²) in [5, 5.41) is 3.35. The fraction of sp³-hybridized carbons (Fsp3) is 0.133. The third-order valence-corrected chi connectivity index (χ3v) is 3.64. The molecule has 1 N–H and O–H groups in total. The molecule has 0 aliphatic heterocycles. The first kappa shape index (κ1) is 14.1. The van der Waals surface area contributed by atoms with Crippen molar-refractivity contribution >= 4 is 39.1 Å². The lowest BCUT2D eigenvalue weighted by atomic mass is 10.1. The van der Waals surface area contributed by atoms with Gasteiger partial charge in [0.05, 0.1) is 17.1 Å². The van der Waals surface area contributed by atoms with Gasteiger partial charge < -0.3 is 5.32 Å². The molecule has 98 valence electrons. The third-order valence-electron chi connectivity index (χ3n) is 2.81. The Bertz CT molecular complexity index is 613. The van der Waals surface area contributed by atoms with Gasteiger partial charge in [-0.3, -0.25) is 4.79 Å². The van der Waals surface area contributed by atoms with E-state index in [9.17, 15) is 4.79 Å². The first-order valence-corrected chi connectivity index (χ1v) is 7.03. The lowest BCUT2D eigenvalue weighted by Crippen LogP contribution is -2.15. The zero-order valence-electron chi connectivity index (χ0n) is 10.4. The molecular weight excluding hydrogens is 326 g/mol. The molecule has 1 amide bonds. The van der Waals surface area contributed by atoms with Crippen LogP contribution in [0.3, 0.4) is 0 Å². The molecule has 0 fully saturated rings. The fourth-order valence-corrected chi connectivity index (χ4v) is 2.29. The Kier molecular flexibility index (Phi) is 4.61. The minimum absolute atomic E-state index is 0.0747. The summed E-state index contributed by atoms with van der Waals surface area (Å²) in [6, 6.07) is 13.2. The number of hydrogen-bond donors (Lipinski definition) is 1. The molecule has 0 saturated carbocycles. The summed E-state index contributed by atoms with van der Waals surface area (Å²) in [4.78, 5) is 12.0. The summed E-state index contributed by atoms with van der Waals surface area (Å²) in [5.41, 5.74) is 2.75. The van der Waals surface area contributed by atoms with Crippen LogP contribution in [0.2, 0.25) is 5.02 Å². The van der Waals surface area contributed by atoms with Crippen LogP contribution < -0.4 is 5.32 Å². The second kappa shape index (κ2) is 6.22. The first-order valence-electron chi connectivity index (χ1n) is 5.85. The van der Waals surface area contributed by atoms with Crippen LogP contribution in [0.4, 0.5) is 5.69 Å². The van der Waals surface area contributed by atoms with Crippen molar-refractivity contribution in [2.24, 2.45) is 0 Å². The largest absolute Gasteiger partial charge is 0.324 e. The third kappa shape index (κ3) is 3.82. The van der Waals surface area contributed by atoms with Crippen molar-refractivity contribution in [2.45, 2.75) is 13.3 Å². The maximum absolute atomic E-state index is 12.0. The van der Waals surface area contributed by atoms with E-state index in [0.29, 0.717) is 17.1 Å². The van der Waals surface area contributed by atoms with E-state index in [1.807, 2.05) is 37.3 Å². The number of benzene rings is 2. The second-order valence-corrected chi connectivity index (χ2v) is 5.60. The molecule has 2 aromatic rings. The minimum atomic E-state index is -0.0747. The van der Waals surface area contributed by atoms with E-state index in [2.05, 4.69) is 21.2 Å². The van der Waals surface area contributed by atoms with E-state index in [1.54, 1.807) is 12.1 Å². The van der Waals surface area contributed by atoms with Gasteiger partial charge in [0.15, 0.2) is 0 Å². The van der Waals surface area contributed by atoms with Gasteiger partial charge in [-0.2, -0.15) is 0 Å². The highest BCUT2D eigenvalue weighted by Crippen LogP contribution is 2.25. The standard InChI is InChI=1S/C15H13BrClNO/c1-10-4-2-3-5-11(10)8-15(19)18-14-9-12(16)6-7-13(14)17/h2-7,9H,8H2,1H3,(H,18,19). The van der Waals surface area contributed by atoms with Crippen LogP contribution in [0, 0.1) is 6.92 Å². The van der Waals surface area contributed by atoms with Gasteiger partial charge in [0.1, 0.15) is 0 Å². The molecule has 0 bridgehead atoms. The van der Waals surface area contributed by atoms with Crippen LogP contribution in [0.15, 0.2) is 46.9 Å². The lowest BCUT2D eigenvalue weighted by Gasteiger charge is -2.09. The van der Waals surface area contributed by atoms with Crippen LogP contribution in [-0.2, 0) is 11.2 Å². The van der Waals surface area contributed by atoms with Crippen LogP contribution >= 0.6 is 27.5 Å². The lowest BCUT2D eigenvalue weighted by molar-refractivity contribution is -0.115. The molecule has 19 heavy (non-hydrogen) atoms. The predicted molar refractivity (Wildman–Crippen MR) is 82.7 cm³/mol. The number of halogens is 2. The topological polar surface area (TPSA) is 29.1 Å². The van der Waals surface area contributed by atoms with Crippen molar-refractivity contribution in [2.75, 3.05) is 5.32 Å². The summed E-state index contributed by atoms with van der Waals surface area (Å²) < 4.78 is 0.878. The second-order valence-electron chi connectivity index (χ2n) is 4.28. The van der Waals surface area contributed by atoms with Crippen LogP contribution in [-0.4, -0.2) is 5.91 Å². The number of nitrogens with one attached hydrogen (secondary N) is 1. The van der Waals surface area contributed by atoms with Crippen molar-refractivity contribution in [3.05, 3.63) is 63.1 Å². The summed E-state index contributed by atoms with van der Waals surface area (Å²) in [6.07, 6.45) is 0.343. The zero-order chi connectivity index (χ0) is 13.8. The maximum atomic E-state index is 12.0. The molecule has 0 atom stereocenters. The van der Waals surface area contributed by atoms with Crippen molar-refractivity contribution in [1.82, 2.24) is 0 Å². The molecule has 2 aromatic carbocycles. The number of anilines is 1. The molecule has 0 saturated heterocycles. The molecule has 2 nitrogen and oxygen atoms in total. The van der Waals surface area contributed by atoms with Gasteiger partial charge in [-0.15, -0.1) is 0 Å². The van der Waals surface area contributed by atoms with Crippen LogP contribution in [0.5, 0.6) is 0 Å². The van der Waals surface area contributed by atoms with Gasteiger partial charge in [-0.25, -0.2) is 0 Å². The van der Waals surface area contributed by atoms with E-state index in [1.165, 1.54) is 0 Å². The monoisotopic (exact) mass is 337 g/mol. The maximum Gasteiger partial charge on any atom is 0.228 e. The summed E-state index contributed by atoms with van der Waals surface area (Å²) >= 11 is 9.39. The summed E-state index contributed by atoms with van der Waals surface area (Å²) in [7, 11) is 0. The Morgan fingerprint density at radius 2 is 2.00 bits per heavy atom. The van der Waals surface area contributed by atoms with E-state index >= 15 is 0 Å². The van der Waals surface area contributed by atoms with Crippen molar-refractivity contribution in [3.63, 3.8) is 0 Å². The number of rotatable bonds is 3. The number of aryl methyl sites for hydroxylation is 1. The molecule has 0 unspecified atom stereocenters. The molecule has 0 aromatic heterocycles. The van der Waals surface area contributed by atoms with Gasteiger partial charge in [-0.05, 0) is 36.2 Å². The Morgan fingerprint density at radius 3 is 2.74 bits per heavy atom. The molecule has 2 rings (SSSR count). The fourth-order valence-electron chi connectivity index (χ4n) is 1.77. The highest BCUT2D eigenvalue weighted by Gasteiger charge is 2.08. The number of amides is 1. The van der Waals surface area contributed by atoms with Crippen molar-refractivity contribution in [1.29, 1.82) is 0 Å². The minimum Gasteiger partial charge on any atom is -0.324 e. The van der Waals surface area contributed by atoms with Crippen LogP contribution in [0.1, 0.15) is 11.1 Å². The Labute approximate surface area is 125 Å². The Hall–Kier alpha value is -1.32. The molecule has 4 heteroatoms. The first-order chi connectivity index (χ1) is 9.06. The van der Waals surface area contributed by atoms with Gasteiger partial charge in [0.2, 0.25) is 5.91 Å². The molecular formula is C15H13BrClNO.